The molecule has 0 bridgehead atoms. The first kappa shape index (κ1) is 12.9. The number of rotatable bonds is 3. The lowest BCUT2D eigenvalue weighted by atomic mass is 9.98. The van der Waals surface area contributed by atoms with Crippen LogP contribution >= 0.6 is 0 Å². The van der Waals surface area contributed by atoms with E-state index in [1.54, 1.807) is 0 Å². The van der Waals surface area contributed by atoms with Gasteiger partial charge in [0.25, 0.3) is 0 Å². The molecule has 2 heteroatoms. The first-order valence-electron chi connectivity index (χ1n) is 7.17. The molecule has 2 atom stereocenters. The van der Waals surface area contributed by atoms with Crippen molar-refractivity contribution in [2.45, 2.75) is 25.8 Å². The fraction of sp³-hybridized carbons (Fsp3) is 0.278. The maximum Gasteiger partial charge on any atom is 0.223 e. The van der Waals surface area contributed by atoms with Crippen LogP contribution in [0.1, 0.15) is 18.9 Å². The molecule has 0 spiro atoms. The number of benzene rings is 2. The van der Waals surface area contributed by atoms with Gasteiger partial charge in [0.1, 0.15) is 0 Å². The topological polar surface area (TPSA) is 29.1 Å². The van der Waals surface area contributed by atoms with Crippen LogP contribution in [-0.4, -0.2) is 11.9 Å². The molecule has 1 aliphatic rings. The number of nitrogens with one attached hydrogen (secondary N) is 1. The van der Waals surface area contributed by atoms with Gasteiger partial charge in [-0.15, -0.1) is 0 Å². The van der Waals surface area contributed by atoms with Crippen molar-refractivity contribution >= 4 is 5.91 Å². The van der Waals surface area contributed by atoms with Gasteiger partial charge in [-0.1, -0.05) is 61.5 Å². The molecule has 2 aromatic rings. The number of carbonyl (C=O) groups is 1. The SMILES string of the molecule is C[C@H]1CC(Cc2ccc(-c3ccccc3)cc2)NC1=O. The molecular formula is C18H19NO. The summed E-state index contributed by atoms with van der Waals surface area (Å²) in [6.07, 6.45) is 1.87. The van der Waals surface area contributed by atoms with Crippen LogP contribution in [0, 0.1) is 5.92 Å². The molecule has 0 aliphatic carbocycles. The zero-order chi connectivity index (χ0) is 13.9. The Balaban J connectivity index is 1.69. The molecule has 0 aromatic heterocycles. The zero-order valence-corrected chi connectivity index (χ0v) is 11.7. The fourth-order valence-corrected chi connectivity index (χ4v) is 2.82. The highest BCUT2D eigenvalue weighted by atomic mass is 16.2. The molecule has 20 heavy (non-hydrogen) atoms. The van der Waals surface area contributed by atoms with Gasteiger partial charge in [0.2, 0.25) is 5.91 Å². The molecule has 1 fully saturated rings. The van der Waals surface area contributed by atoms with Crippen LogP contribution in [0.3, 0.4) is 0 Å². The molecule has 1 unspecified atom stereocenters. The van der Waals surface area contributed by atoms with Crippen LogP contribution in [0.5, 0.6) is 0 Å². The second kappa shape index (κ2) is 5.49. The van der Waals surface area contributed by atoms with E-state index >= 15 is 0 Å². The molecule has 102 valence electrons. The Labute approximate surface area is 119 Å². The van der Waals surface area contributed by atoms with Gasteiger partial charge >= 0.3 is 0 Å². The third-order valence-corrected chi connectivity index (χ3v) is 3.98. The molecule has 3 rings (SSSR count). The van der Waals surface area contributed by atoms with E-state index < -0.39 is 0 Å². The average molecular weight is 265 g/mol. The van der Waals surface area contributed by atoms with Crippen molar-refractivity contribution in [2.75, 3.05) is 0 Å². The predicted molar refractivity (Wildman–Crippen MR) is 81.3 cm³/mol. The number of hydrogen-bond donors (Lipinski definition) is 1. The van der Waals surface area contributed by atoms with E-state index in [1.807, 2.05) is 13.0 Å². The van der Waals surface area contributed by atoms with E-state index in [0.717, 1.165) is 12.8 Å². The van der Waals surface area contributed by atoms with E-state index in [0.29, 0.717) is 6.04 Å². The summed E-state index contributed by atoms with van der Waals surface area (Å²) in [5, 5.41) is 3.06. The summed E-state index contributed by atoms with van der Waals surface area (Å²) in [6.45, 7) is 1.99. The lowest BCUT2D eigenvalue weighted by Gasteiger charge is -2.10. The van der Waals surface area contributed by atoms with Crippen molar-refractivity contribution in [1.29, 1.82) is 0 Å². The Morgan fingerprint density at radius 1 is 1.00 bits per heavy atom. The quantitative estimate of drug-likeness (QED) is 0.905. The maximum atomic E-state index is 11.5. The largest absolute Gasteiger partial charge is 0.353 e. The van der Waals surface area contributed by atoms with E-state index in [2.05, 4.69) is 53.8 Å². The molecule has 0 radical (unpaired) electrons. The highest BCUT2D eigenvalue weighted by Crippen LogP contribution is 2.22. The molecule has 0 saturated carbocycles. The summed E-state index contributed by atoms with van der Waals surface area (Å²) in [7, 11) is 0. The third-order valence-electron chi connectivity index (χ3n) is 3.98. The minimum Gasteiger partial charge on any atom is -0.353 e. The van der Waals surface area contributed by atoms with Gasteiger partial charge in [0.05, 0.1) is 0 Å². The Kier molecular flexibility index (Phi) is 3.55. The second-order valence-electron chi connectivity index (χ2n) is 5.61. The van der Waals surface area contributed by atoms with Crippen LogP contribution in [0.15, 0.2) is 54.6 Å². The number of carbonyl (C=O) groups excluding carboxylic acids is 1. The maximum absolute atomic E-state index is 11.5. The van der Waals surface area contributed by atoms with E-state index in [4.69, 9.17) is 0 Å². The highest BCUT2D eigenvalue weighted by molar-refractivity contribution is 5.80. The van der Waals surface area contributed by atoms with Gasteiger partial charge in [-0.3, -0.25) is 4.79 Å². The normalized spacial score (nSPS) is 21.8. The van der Waals surface area contributed by atoms with Crippen LogP contribution in [0.25, 0.3) is 11.1 Å². The molecule has 2 nitrogen and oxygen atoms in total. The summed E-state index contributed by atoms with van der Waals surface area (Å²) in [4.78, 5) is 11.5. The third kappa shape index (κ3) is 2.74. The zero-order valence-electron chi connectivity index (χ0n) is 11.7. The smallest absolute Gasteiger partial charge is 0.223 e. The van der Waals surface area contributed by atoms with Gasteiger partial charge in [-0.25, -0.2) is 0 Å². The van der Waals surface area contributed by atoms with Gasteiger partial charge in [0.15, 0.2) is 0 Å². The van der Waals surface area contributed by atoms with Crippen molar-refractivity contribution < 1.29 is 4.79 Å². The van der Waals surface area contributed by atoms with E-state index in [9.17, 15) is 4.79 Å². The van der Waals surface area contributed by atoms with Gasteiger partial charge < -0.3 is 5.32 Å². The van der Waals surface area contributed by atoms with Crippen LogP contribution < -0.4 is 5.32 Å². The Morgan fingerprint density at radius 3 is 2.25 bits per heavy atom. The monoisotopic (exact) mass is 265 g/mol. The summed E-state index contributed by atoms with van der Waals surface area (Å²) in [5.41, 5.74) is 3.75. The lowest BCUT2D eigenvalue weighted by Crippen LogP contribution is -2.27. The van der Waals surface area contributed by atoms with Crippen molar-refractivity contribution in [3.05, 3.63) is 60.2 Å². The van der Waals surface area contributed by atoms with Crippen molar-refractivity contribution in [2.24, 2.45) is 5.92 Å². The first-order valence-corrected chi connectivity index (χ1v) is 7.17. The predicted octanol–water partition coefficient (Wildman–Crippen LogP) is 3.42. The minimum atomic E-state index is 0.156. The second-order valence-corrected chi connectivity index (χ2v) is 5.61. The van der Waals surface area contributed by atoms with Gasteiger partial charge in [0, 0.05) is 12.0 Å². The highest BCUT2D eigenvalue weighted by Gasteiger charge is 2.27. The van der Waals surface area contributed by atoms with Gasteiger partial charge in [-0.05, 0) is 29.5 Å². The summed E-state index contributed by atoms with van der Waals surface area (Å²) >= 11 is 0. The minimum absolute atomic E-state index is 0.156. The summed E-state index contributed by atoms with van der Waals surface area (Å²) < 4.78 is 0. The van der Waals surface area contributed by atoms with Crippen molar-refractivity contribution in [3.8, 4) is 11.1 Å². The van der Waals surface area contributed by atoms with Crippen molar-refractivity contribution in [1.82, 2.24) is 5.32 Å². The molecule has 1 aliphatic heterocycles. The molecule has 1 N–H and O–H groups in total. The first-order chi connectivity index (χ1) is 9.72. The molecule has 1 saturated heterocycles. The Bertz CT molecular complexity index is 589. The molecule has 2 aromatic carbocycles. The Morgan fingerprint density at radius 2 is 1.65 bits per heavy atom. The Hall–Kier alpha value is -2.09. The summed E-state index contributed by atoms with van der Waals surface area (Å²) in [5.74, 6) is 0.347. The fourth-order valence-electron chi connectivity index (χ4n) is 2.82. The van der Waals surface area contributed by atoms with E-state index in [-0.39, 0.29) is 11.8 Å². The summed E-state index contributed by atoms with van der Waals surface area (Å²) in [6, 6.07) is 19.3. The molecule has 1 heterocycles. The molecular weight excluding hydrogens is 246 g/mol. The molecule has 1 amide bonds. The average Bonchev–Trinajstić information content (AvgIpc) is 2.79. The van der Waals surface area contributed by atoms with Crippen LogP contribution in [0.2, 0.25) is 0 Å². The van der Waals surface area contributed by atoms with E-state index in [1.165, 1.54) is 16.7 Å². The number of amides is 1. The van der Waals surface area contributed by atoms with Crippen LogP contribution in [-0.2, 0) is 11.2 Å². The van der Waals surface area contributed by atoms with Crippen LogP contribution in [0.4, 0.5) is 0 Å². The lowest BCUT2D eigenvalue weighted by molar-refractivity contribution is -0.122. The number of hydrogen-bond acceptors (Lipinski definition) is 1. The van der Waals surface area contributed by atoms with Crippen molar-refractivity contribution in [3.63, 3.8) is 0 Å². The van der Waals surface area contributed by atoms with Gasteiger partial charge in [-0.2, -0.15) is 0 Å². The standard InChI is InChI=1S/C18H19NO/c1-13-11-17(19-18(13)20)12-14-7-9-16(10-8-14)15-5-3-2-4-6-15/h2-10,13,17H,11-12H2,1H3,(H,19,20)/t13-,17?/m0/s1.